The molecule has 0 unspecified atom stereocenters. The first kappa shape index (κ1) is 19.3. The predicted octanol–water partition coefficient (Wildman–Crippen LogP) is 3.72. The van der Waals surface area contributed by atoms with Gasteiger partial charge in [0.05, 0.1) is 29.8 Å². The van der Waals surface area contributed by atoms with E-state index < -0.39 is 5.97 Å². The van der Waals surface area contributed by atoms with E-state index in [1.54, 1.807) is 48.8 Å². The van der Waals surface area contributed by atoms with Crippen molar-refractivity contribution in [3.63, 3.8) is 0 Å². The summed E-state index contributed by atoms with van der Waals surface area (Å²) in [6.45, 7) is 0.267. The zero-order valence-corrected chi connectivity index (χ0v) is 16.1. The van der Waals surface area contributed by atoms with Crippen LogP contribution >= 0.6 is 0 Å². The molecule has 2 heterocycles. The fourth-order valence-electron chi connectivity index (χ4n) is 2.96. The molecule has 150 valence electrons. The number of aromatic nitrogens is 3. The molecule has 2 aromatic heterocycles. The first-order valence-corrected chi connectivity index (χ1v) is 9.46. The number of esters is 1. The largest absolute Gasteiger partial charge is 0.461 e. The van der Waals surface area contributed by atoms with Crippen LogP contribution in [0.15, 0.2) is 84.2 Å². The van der Waals surface area contributed by atoms with Crippen LogP contribution in [0.3, 0.4) is 0 Å². The summed E-state index contributed by atoms with van der Waals surface area (Å²) in [4.78, 5) is 33.0. The van der Waals surface area contributed by atoms with Gasteiger partial charge < -0.3 is 9.47 Å². The van der Waals surface area contributed by atoms with Crippen molar-refractivity contribution in [2.24, 2.45) is 0 Å². The topological polar surface area (TPSA) is 83.3 Å². The number of fused-ring (bicyclic) bond motifs is 1. The van der Waals surface area contributed by atoms with Crippen LogP contribution in [0.4, 0.5) is 0 Å². The van der Waals surface area contributed by atoms with Gasteiger partial charge >= 0.3 is 5.97 Å². The molecule has 30 heavy (non-hydrogen) atoms. The first-order chi connectivity index (χ1) is 14.7. The number of carbonyl (C=O) groups is 1. The molecule has 7 heteroatoms. The molecule has 0 bridgehead atoms. The zero-order chi connectivity index (χ0) is 20.8. The van der Waals surface area contributed by atoms with Crippen molar-refractivity contribution in [3.8, 4) is 11.5 Å². The third kappa shape index (κ3) is 4.52. The van der Waals surface area contributed by atoms with Crippen LogP contribution in [0.2, 0.25) is 0 Å². The monoisotopic (exact) mass is 401 g/mol. The minimum absolute atomic E-state index is 0.0611. The molecule has 0 fully saturated rings. The Hall–Kier alpha value is -4.00. The Bertz CT molecular complexity index is 1220. The maximum atomic E-state index is 12.5. The number of aryl methyl sites for hydroxylation is 1. The molecule has 0 saturated heterocycles. The lowest BCUT2D eigenvalue weighted by molar-refractivity contribution is -0.145. The van der Waals surface area contributed by atoms with Gasteiger partial charge in [0.2, 0.25) is 0 Å². The number of hydrogen-bond acceptors (Lipinski definition) is 6. The average Bonchev–Trinajstić information content (AvgIpc) is 2.79. The SMILES string of the molecule is O=C(CCn1cnc2ccccc2c1=O)OCc1ccccc1Oc1cccnc1. The molecular weight excluding hydrogens is 382 g/mol. The van der Waals surface area contributed by atoms with E-state index in [0.29, 0.717) is 22.4 Å². The van der Waals surface area contributed by atoms with Crippen LogP contribution in [0.1, 0.15) is 12.0 Å². The Morgan fingerprint density at radius 3 is 2.70 bits per heavy atom. The highest BCUT2D eigenvalue weighted by molar-refractivity contribution is 5.77. The van der Waals surface area contributed by atoms with E-state index in [4.69, 9.17) is 9.47 Å². The van der Waals surface area contributed by atoms with Gasteiger partial charge in [0.25, 0.3) is 5.56 Å². The second kappa shape index (κ2) is 9.00. The van der Waals surface area contributed by atoms with Crippen LogP contribution in [0, 0.1) is 0 Å². The molecule has 0 spiro atoms. The van der Waals surface area contributed by atoms with Crippen LogP contribution in [-0.2, 0) is 22.7 Å². The molecule has 7 nitrogen and oxygen atoms in total. The van der Waals surface area contributed by atoms with E-state index >= 15 is 0 Å². The first-order valence-electron chi connectivity index (χ1n) is 9.46. The van der Waals surface area contributed by atoms with Gasteiger partial charge in [0.15, 0.2) is 0 Å². The number of nitrogens with zero attached hydrogens (tertiary/aromatic N) is 3. The van der Waals surface area contributed by atoms with E-state index in [9.17, 15) is 9.59 Å². The van der Waals surface area contributed by atoms with Crippen LogP contribution < -0.4 is 10.3 Å². The fourth-order valence-corrected chi connectivity index (χ4v) is 2.96. The van der Waals surface area contributed by atoms with Gasteiger partial charge in [-0.1, -0.05) is 30.3 Å². The van der Waals surface area contributed by atoms with Crippen LogP contribution in [0.5, 0.6) is 11.5 Å². The minimum atomic E-state index is -0.411. The van der Waals surface area contributed by atoms with E-state index in [-0.39, 0.29) is 25.1 Å². The van der Waals surface area contributed by atoms with Crippen LogP contribution in [-0.4, -0.2) is 20.5 Å². The zero-order valence-electron chi connectivity index (χ0n) is 16.1. The molecular formula is C23H19N3O4. The second-order valence-electron chi connectivity index (χ2n) is 6.57. The molecule has 0 N–H and O–H groups in total. The molecule has 0 aliphatic rings. The van der Waals surface area contributed by atoms with Crippen molar-refractivity contribution in [1.29, 1.82) is 0 Å². The number of para-hydroxylation sites is 2. The second-order valence-corrected chi connectivity index (χ2v) is 6.57. The van der Waals surface area contributed by atoms with E-state index in [1.807, 2.05) is 24.3 Å². The van der Waals surface area contributed by atoms with Crippen molar-refractivity contribution in [3.05, 3.63) is 95.3 Å². The number of pyridine rings is 1. The van der Waals surface area contributed by atoms with Gasteiger partial charge in [-0.3, -0.25) is 19.1 Å². The number of rotatable bonds is 7. The summed E-state index contributed by atoms with van der Waals surface area (Å²) < 4.78 is 12.6. The lowest BCUT2D eigenvalue weighted by atomic mass is 10.2. The molecule has 0 aliphatic carbocycles. The molecule has 4 rings (SSSR count). The molecule has 0 radical (unpaired) electrons. The predicted molar refractivity (Wildman–Crippen MR) is 111 cm³/mol. The van der Waals surface area contributed by atoms with Gasteiger partial charge in [-0.15, -0.1) is 0 Å². The summed E-state index contributed by atoms with van der Waals surface area (Å²) >= 11 is 0. The van der Waals surface area contributed by atoms with Crippen LogP contribution in [0.25, 0.3) is 10.9 Å². The third-order valence-electron chi connectivity index (χ3n) is 4.51. The number of carbonyl (C=O) groups excluding carboxylic acids is 1. The molecule has 0 amide bonds. The molecule has 0 saturated carbocycles. The van der Waals surface area contributed by atoms with Crippen molar-refractivity contribution >= 4 is 16.9 Å². The summed E-state index contributed by atoms with van der Waals surface area (Å²) in [5.41, 5.74) is 1.19. The minimum Gasteiger partial charge on any atom is -0.461 e. The summed E-state index contributed by atoms with van der Waals surface area (Å²) in [6, 6.07) is 18.0. The lowest BCUT2D eigenvalue weighted by Gasteiger charge is -2.11. The lowest BCUT2D eigenvalue weighted by Crippen LogP contribution is -2.22. The van der Waals surface area contributed by atoms with Gasteiger partial charge in [-0.25, -0.2) is 4.98 Å². The smallest absolute Gasteiger partial charge is 0.307 e. The van der Waals surface area contributed by atoms with E-state index in [1.165, 1.54) is 10.9 Å². The van der Waals surface area contributed by atoms with Crippen molar-refractivity contribution in [1.82, 2.24) is 14.5 Å². The summed E-state index contributed by atoms with van der Waals surface area (Å²) in [5, 5.41) is 0.523. The third-order valence-corrected chi connectivity index (χ3v) is 4.51. The highest BCUT2D eigenvalue weighted by Crippen LogP contribution is 2.25. The Kier molecular flexibility index (Phi) is 5.80. The average molecular weight is 401 g/mol. The fraction of sp³-hybridized carbons (Fsp3) is 0.130. The van der Waals surface area contributed by atoms with Crippen molar-refractivity contribution < 1.29 is 14.3 Å². The van der Waals surface area contributed by atoms with E-state index in [2.05, 4.69) is 9.97 Å². The van der Waals surface area contributed by atoms with Crippen molar-refractivity contribution in [2.45, 2.75) is 19.6 Å². The Balaban J connectivity index is 1.37. The Morgan fingerprint density at radius 2 is 1.83 bits per heavy atom. The maximum absolute atomic E-state index is 12.5. The molecule has 4 aromatic rings. The van der Waals surface area contributed by atoms with Gasteiger partial charge in [0.1, 0.15) is 18.1 Å². The number of ether oxygens (including phenoxy) is 2. The highest BCUT2D eigenvalue weighted by atomic mass is 16.5. The molecule has 2 aromatic carbocycles. The summed E-state index contributed by atoms with van der Waals surface area (Å²) in [6.07, 6.45) is 4.79. The van der Waals surface area contributed by atoms with Crippen molar-refractivity contribution in [2.75, 3.05) is 0 Å². The van der Waals surface area contributed by atoms with Gasteiger partial charge in [0, 0.05) is 18.3 Å². The van der Waals surface area contributed by atoms with E-state index in [0.717, 1.165) is 5.56 Å². The number of benzene rings is 2. The Labute approximate surface area is 172 Å². The molecule has 0 aliphatic heterocycles. The normalized spacial score (nSPS) is 10.7. The standard InChI is InChI=1S/C23H19N3O4/c27-22(11-13-26-16-25-20-9-3-2-8-19(20)23(26)28)29-15-17-6-1-4-10-21(17)30-18-7-5-12-24-14-18/h1-10,12,14,16H,11,13,15H2. The number of hydrogen-bond donors (Lipinski definition) is 0. The maximum Gasteiger partial charge on any atom is 0.307 e. The summed E-state index contributed by atoms with van der Waals surface area (Å²) in [7, 11) is 0. The Morgan fingerprint density at radius 1 is 1.00 bits per heavy atom. The highest BCUT2D eigenvalue weighted by Gasteiger charge is 2.10. The summed E-state index contributed by atoms with van der Waals surface area (Å²) in [5.74, 6) is 0.777. The van der Waals surface area contributed by atoms with Gasteiger partial charge in [-0.05, 0) is 30.3 Å². The van der Waals surface area contributed by atoms with Gasteiger partial charge in [-0.2, -0.15) is 0 Å². The molecule has 0 atom stereocenters. The quantitative estimate of drug-likeness (QED) is 0.439.